The van der Waals surface area contributed by atoms with Crippen LogP contribution in [0.2, 0.25) is 0 Å². The molecule has 0 aliphatic carbocycles. The Morgan fingerprint density at radius 2 is 2.09 bits per heavy atom. The van der Waals surface area contributed by atoms with Crippen molar-refractivity contribution in [3.8, 4) is 0 Å². The van der Waals surface area contributed by atoms with Crippen LogP contribution in [0.15, 0.2) is 24.3 Å². The Labute approximate surface area is 128 Å². The van der Waals surface area contributed by atoms with Gasteiger partial charge in [0.2, 0.25) is 5.91 Å². The third kappa shape index (κ3) is 2.43. The maximum Gasteiger partial charge on any atom is 0.277 e. The highest BCUT2D eigenvalue weighted by molar-refractivity contribution is 6.10. The van der Waals surface area contributed by atoms with Gasteiger partial charge in [-0.25, -0.2) is 0 Å². The van der Waals surface area contributed by atoms with E-state index < -0.39 is 6.04 Å². The van der Waals surface area contributed by atoms with E-state index in [0.717, 1.165) is 0 Å². The van der Waals surface area contributed by atoms with Gasteiger partial charge in [-0.1, -0.05) is 12.1 Å². The number of nitrogens with one attached hydrogen (secondary N) is 1. The first-order valence-electron chi connectivity index (χ1n) is 7.38. The molecule has 1 fully saturated rings. The number of amides is 3. The second kappa shape index (κ2) is 5.76. The molecule has 0 radical (unpaired) electrons. The van der Waals surface area contributed by atoms with E-state index in [1.807, 2.05) is 7.05 Å². The Bertz CT molecular complexity index is 631. The van der Waals surface area contributed by atoms with Crippen LogP contribution in [0.1, 0.15) is 10.4 Å². The maximum atomic E-state index is 12.6. The molecule has 0 bridgehead atoms. The van der Waals surface area contributed by atoms with Crippen molar-refractivity contribution in [2.75, 3.05) is 38.5 Å². The predicted molar refractivity (Wildman–Crippen MR) is 79.2 cm³/mol. The second-order valence-corrected chi connectivity index (χ2v) is 5.50. The molecule has 1 aromatic rings. The number of nitrogens with zero attached hydrogens (tertiary/aromatic N) is 2. The molecule has 2 aliphatic heterocycles. The van der Waals surface area contributed by atoms with E-state index in [1.54, 1.807) is 39.4 Å². The number of rotatable bonds is 2. The van der Waals surface area contributed by atoms with Crippen molar-refractivity contribution in [1.82, 2.24) is 9.80 Å². The van der Waals surface area contributed by atoms with Crippen molar-refractivity contribution in [2.45, 2.75) is 6.04 Å². The van der Waals surface area contributed by atoms with Gasteiger partial charge in [0, 0.05) is 13.1 Å². The number of benzene rings is 1. The zero-order valence-electron chi connectivity index (χ0n) is 12.4. The number of carbonyl (C=O) groups is 3. The van der Waals surface area contributed by atoms with Crippen LogP contribution in [0.3, 0.4) is 0 Å². The highest BCUT2D eigenvalue weighted by Gasteiger charge is 2.40. The fraction of sp³-hybridized carbons (Fsp3) is 0.400. The number of quaternary nitrogens is 1. The van der Waals surface area contributed by atoms with Crippen LogP contribution in [0, 0.1) is 0 Å². The zero-order chi connectivity index (χ0) is 15.7. The van der Waals surface area contributed by atoms with Crippen molar-refractivity contribution in [2.24, 2.45) is 0 Å². The molecule has 1 atom stereocenters. The Morgan fingerprint density at radius 1 is 1.32 bits per heavy atom. The van der Waals surface area contributed by atoms with Gasteiger partial charge in [-0.15, -0.1) is 0 Å². The third-order valence-electron chi connectivity index (χ3n) is 4.09. The summed E-state index contributed by atoms with van der Waals surface area (Å²) in [5, 5.41) is 4.59. The molecule has 1 saturated heterocycles. The minimum Gasteiger partial charge on any atom is -0.341 e. The molecule has 116 valence electrons. The average molecular weight is 303 g/mol. The number of carbonyl (C=O) groups excluding carboxylic acids is 3. The number of likely N-dealkylation sites (N-methyl/N-ethyl adjacent to an activating group) is 1. The second-order valence-electron chi connectivity index (χ2n) is 5.50. The molecule has 2 heterocycles. The molecule has 3 rings (SSSR count). The van der Waals surface area contributed by atoms with E-state index in [0.29, 0.717) is 30.9 Å². The normalized spacial score (nSPS) is 20.9. The van der Waals surface area contributed by atoms with Crippen molar-refractivity contribution in [3.05, 3.63) is 29.8 Å². The van der Waals surface area contributed by atoms with Crippen LogP contribution in [-0.4, -0.2) is 66.8 Å². The lowest BCUT2D eigenvalue weighted by molar-refractivity contribution is -0.616. The molecule has 22 heavy (non-hydrogen) atoms. The summed E-state index contributed by atoms with van der Waals surface area (Å²) in [6.45, 7) is 1.44. The maximum absolute atomic E-state index is 12.6. The first-order chi connectivity index (χ1) is 10.6. The summed E-state index contributed by atoms with van der Waals surface area (Å²) in [5.74, 6) is -0.409. The number of fused-ring (bicyclic) bond motifs is 2. The van der Waals surface area contributed by atoms with E-state index >= 15 is 0 Å². The Kier molecular flexibility index (Phi) is 3.81. The van der Waals surface area contributed by atoms with Gasteiger partial charge in [-0.05, 0) is 12.1 Å². The molecule has 7 nitrogen and oxygen atoms in total. The average Bonchev–Trinajstić information content (AvgIpc) is 2.63. The highest BCUT2D eigenvalue weighted by atomic mass is 16.2. The van der Waals surface area contributed by atoms with E-state index in [4.69, 9.17) is 0 Å². The first-order valence-corrected chi connectivity index (χ1v) is 7.38. The summed E-state index contributed by atoms with van der Waals surface area (Å²) in [6, 6.07) is 6.36. The number of hydrogen-bond acceptors (Lipinski definition) is 3. The van der Waals surface area contributed by atoms with Crippen LogP contribution in [-0.2, 0) is 9.59 Å². The lowest BCUT2D eigenvalue weighted by atomic mass is 10.1. The molecule has 0 aromatic heterocycles. The topological polar surface area (TPSA) is 86.3 Å². The summed E-state index contributed by atoms with van der Waals surface area (Å²) in [5.41, 5.74) is 1.03. The minimum absolute atomic E-state index is 0.0100. The van der Waals surface area contributed by atoms with Gasteiger partial charge in [0.1, 0.15) is 6.04 Å². The lowest BCUT2D eigenvalue weighted by Crippen LogP contribution is -2.83. The van der Waals surface area contributed by atoms with Gasteiger partial charge in [0.05, 0.1) is 24.8 Å². The van der Waals surface area contributed by atoms with Crippen molar-refractivity contribution < 1.29 is 19.7 Å². The molecular formula is C15H19N4O3+. The van der Waals surface area contributed by atoms with Gasteiger partial charge in [-0.3, -0.25) is 14.4 Å². The summed E-state index contributed by atoms with van der Waals surface area (Å²) < 4.78 is 0. The van der Waals surface area contributed by atoms with Crippen LogP contribution in [0.25, 0.3) is 0 Å². The number of piperazine rings is 1. The van der Waals surface area contributed by atoms with Crippen LogP contribution in [0.4, 0.5) is 5.69 Å². The SMILES string of the molecule is C[NH2+]CC(=O)N1CCN2C(=O)c3ccccc3NC(=O)[C@@H]2C1. The summed E-state index contributed by atoms with van der Waals surface area (Å²) in [6.07, 6.45) is 0. The van der Waals surface area contributed by atoms with Gasteiger partial charge < -0.3 is 20.4 Å². The molecule has 0 saturated carbocycles. The first kappa shape index (κ1) is 14.5. The fourth-order valence-electron chi connectivity index (χ4n) is 2.93. The molecule has 3 N–H and O–H groups in total. The summed E-state index contributed by atoms with van der Waals surface area (Å²) in [4.78, 5) is 40.3. The quantitative estimate of drug-likeness (QED) is 0.696. The molecule has 0 unspecified atom stereocenters. The number of para-hydroxylation sites is 1. The van der Waals surface area contributed by atoms with Crippen molar-refractivity contribution in [1.29, 1.82) is 0 Å². The minimum atomic E-state index is -0.630. The van der Waals surface area contributed by atoms with E-state index in [2.05, 4.69) is 5.32 Å². The Morgan fingerprint density at radius 3 is 2.86 bits per heavy atom. The number of anilines is 1. The molecule has 3 amide bonds. The van der Waals surface area contributed by atoms with E-state index in [-0.39, 0.29) is 24.3 Å². The number of hydrogen-bond donors (Lipinski definition) is 2. The number of nitrogens with two attached hydrogens (primary N) is 1. The lowest BCUT2D eigenvalue weighted by Gasteiger charge is -2.39. The molecular weight excluding hydrogens is 284 g/mol. The molecule has 7 heteroatoms. The third-order valence-corrected chi connectivity index (χ3v) is 4.09. The molecule has 1 aromatic carbocycles. The van der Waals surface area contributed by atoms with Crippen molar-refractivity contribution >= 4 is 23.4 Å². The molecule has 2 aliphatic rings. The largest absolute Gasteiger partial charge is 0.341 e. The van der Waals surface area contributed by atoms with E-state index in [1.165, 1.54) is 0 Å². The Balaban J connectivity index is 1.86. The standard InChI is InChI=1S/C15H18N4O3/c1-16-8-13(20)18-6-7-19-12(9-18)14(21)17-11-5-3-2-4-10(11)15(19)22/h2-5,12,16H,6-9H2,1H3,(H,17,21)/p+1/t12-/m0/s1. The highest BCUT2D eigenvalue weighted by Crippen LogP contribution is 2.25. The Hall–Kier alpha value is -2.41. The summed E-state index contributed by atoms with van der Waals surface area (Å²) >= 11 is 0. The smallest absolute Gasteiger partial charge is 0.277 e. The summed E-state index contributed by atoms with van der Waals surface area (Å²) in [7, 11) is 1.83. The zero-order valence-corrected chi connectivity index (χ0v) is 12.4. The van der Waals surface area contributed by atoms with Crippen LogP contribution >= 0.6 is 0 Å². The van der Waals surface area contributed by atoms with Gasteiger partial charge in [-0.2, -0.15) is 0 Å². The van der Waals surface area contributed by atoms with Crippen molar-refractivity contribution in [3.63, 3.8) is 0 Å². The predicted octanol–water partition coefficient (Wildman–Crippen LogP) is -1.52. The monoisotopic (exact) mass is 303 g/mol. The molecule has 0 spiro atoms. The fourth-order valence-corrected chi connectivity index (χ4v) is 2.93. The van der Waals surface area contributed by atoms with Gasteiger partial charge in [0.25, 0.3) is 11.8 Å². The van der Waals surface area contributed by atoms with Crippen LogP contribution < -0.4 is 10.6 Å². The van der Waals surface area contributed by atoms with Gasteiger partial charge in [0.15, 0.2) is 6.54 Å². The van der Waals surface area contributed by atoms with Gasteiger partial charge >= 0.3 is 0 Å². The van der Waals surface area contributed by atoms with E-state index in [9.17, 15) is 14.4 Å². The van der Waals surface area contributed by atoms with Crippen LogP contribution in [0.5, 0.6) is 0 Å².